The first-order valence-electron chi connectivity index (χ1n) is 5.92. The molecule has 4 heteroatoms. The monoisotopic (exact) mass is 270 g/mol. The molecule has 0 aliphatic heterocycles. The highest BCUT2D eigenvalue weighted by molar-refractivity contribution is 6.33. The molecule has 2 aromatic carbocycles. The van der Waals surface area contributed by atoms with Gasteiger partial charge >= 0.3 is 0 Å². The summed E-state index contributed by atoms with van der Waals surface area (Å²) < 4.78 is 1.59. The summed E-state index contributed by atoms with van der Waals surface area (Å²) >= 11 is 6.20. The Labute approximate surface area is 115 Å². The Morgan fingerprint density at radius 3 is 2.53 bits per heavy atom. The van der Waals surface area contributed by atoms with Crippen molar-refractivity contribution in [3.8, 4) is 11.4 Å². The van der Waals surface area contributed by atoms with Crippen LogP contribution in [0.5, 0.6) is 0 Å². The number of carbonyl (C=O) groups is 1. The fraction of sp³-hybridized carbons (Fsp3) is 0.0667. The molecule has 3 aromatic rings. The summed E-state index contributed by atoms with van der Waals surface area (Å²) in [4.78, 5) is 16.4. The molecule has 0 fully saturated rings. The molecule has 0 radical (unpaired) electrons. The van der Waals surface area contributed by atoms with Crippen molar-refractivity contribution < 1.29 is 4.79 Å². The summed E-state index contributed by atoms with van der Waals surface area (Å²) in [6.45, 7) is 1.52. The molecule has 3 rings (SSSR count). The molecule has 0 N–H and O–H groups in total. The van der Waals surface area contributed by atoms with Gasteiger partial charge in [-0.3, -0.25) is 9.36 Å². The van der Waals surface area contributed by atoms with Gasteiger partial charge in [0.2, 0.25) is 5.91 Å². The molecule has 3 nitrogen and oxygen atoms in total. The van der Waals surface area contributed by atoms with Gasteiger partial charge in [-0.2, -0.15) is 0 Å². The van der Waals surface area contributed by atoms with Gasteiger partial charge in [-0.15, -0.1) is 0 Å². The minimum absolute atomic E-state index is 0.0800. The van der Waals surface area contributed by atoms with E-state index >= 15 is 0 Å². The van der Waals surface area contributed by atoms with Gasteiger partial charge in [0.1, 0.15) is 5.82 Å². The molecule has 1 aromatic heterocycles. The van der Waals surface area contributed by atoms with Crippen molar-refractivity contribution in [2.45, 2.75) is 6.92 Å². The maximum absolute atomic E-state index is 11.9. The highest BCUT2D eigenvalue weighted by atomic mass is 35.5. The normalized spacial score (nSPS) is 10.8. The van der Waals surface area contributed by atoms with E-state index in [4.69, 9.17) is 11.6 Å². The summed E-state index contributed by atoms with van der Waals surface area (Å²) in [6, 6.07) is 14.9. The van der Waals surface area contributed by atoms with Crippen molar-refractivity contribution in [2.75, 3.05) is 0 Å². The van der Waals surface area contributed by atoms with E-state index in [1.54, 1.807) is 10.6 Å². The maximum Gasteiger partial charge on any atom is 0.229 e. The fourth-order valence-corrected chi connectivity index (χ4v) is 2.39. The van der Waals surface area contributed by atoms with Crippen molar-refractivity contribution >= 4 is 28.5 Å². The number of hydrogen-bond donors (Lipinski definition) is 0. The second-order valence-corrected chi connectivity index (χ2v) is 4.67. The number of hydrogen-bond acceptors (Lipinski definition) is 2. The fourth-order valence-electron chi connectivity index (χ4n) is 2.17. The van der Waals surface area contributed by atoms with Gasteiger partial charge in [-0.05, 0) is 24.3 Å². The summed E-state index contributed by atoms with van der Waals surface area (Å²) in [7, 11) is 0. The Balaban J connectivity index is 2.38. The van der Waals surface area contributed by atoms with E-state index in [2.05, 4.69) is 4.98 Å². The Morgan fingerprint density at radius 2 is 1.79 bits per heavy atom. The molecule has 0 saturated heterocycles. The van der Waals surface area contributed by atoms with Gasteiger partial charge in [0.15, 0.2) is 0 Å². The van der Waals surface area contributed by atoms with E-state index in [0.29, 0.717) is 10.8 Å². The number of benzene rings is 2. The average molecular weight is 271 g/mol. The van der Waals surface area contributed by atoms with Gasteiger partial charge in [0.25, 0.3) is 0 Å². The number of rotatable bonds is 1. The predicted molar refractivity (Wildman–Crippen MR) is 76.5 cm³/mol. The SMILES string of the molecule is CC(=O)n1c(-c2ccccc2Cl)nc2ccccc21. The molecule has 0 unspecified atom stereocenters. The van der Waals surface area contributed by atoms with Crippen molar-refractivity contribution in [2.24, 2.45) is 0 Å². The van der Waals surface area contributed by atoms with Crippen LogP contribution in [-0.4, -0.2) is 15.5 Å². The van der Waals surface area contributed by atoms with Crippen LogP contribution in [0.2, 0.25) is 5.02 Å². The van der Waals surface area contributed by atoms with Gasteiger partial charge in [-0.25, -0.2) is 4.98 Å². The van der Waals surface area contributed by atoms with Gasteiger partial charge in [0.05, 0.1) is 16.1 Å². The second-order valence-electron chi connectivity index (χ2n) is 4.26. The van der Waals surface area contributed by atoms with E-state index in [1.807, 2.05) is 42.5 Å². The van der Waals surface area contributed by atoms with Crippen LogP contribution in [0.25, 0.3) is 22.4 Å². The smallest absolute Gasteiger partial charge is 0.229 e. The van der Waals surface area contributed by atoms with Crippen LogP contribution in [0.15, 0.2) is 48.5 Å². The van der Waals surface area contributed by atoms with Crippen LogP contribution < -0.4 is 0 Å². The third-order valence-corrected chi connectivity index (χ3v) is 3.32. The number of para-hydroxylation sites is 2. The number of carbonyl (C=O) groups excluding carboxylic acids is 1. The minimum Gasteiger partial charge on any atom is -0.274 e. The topological polar surface area (TPSA) is 34.9 Å². The molecule has 0 amide bonds. The second kappa shape index (κ2) is 4.52. The van der Waals surface area contributed by atoms with Crippen LogP contribution in [0, 0.1) is 0 Å². The molecule has 0 aliphatic carbocycles. The van der Waals surface area contributed by atoms with E-state index in [-0.39, 0.29) is 5.91 Å². The lowest BCUT2D eigenvalue weighted by atomic mass is 10.2. The summed E-state index contributed by atoms with van der Waals surface area (Å²) in [5.41, 5.74) is 2.34. The third-order valence-electron chi connectivity index (χ3n) is 2.99. The van der Waals surface area contributed by atoms with Crippen molar-refractivity contribution in [1.29, 1.82) is 0 Å². The molecule has 0 saturated carbocycles. The molecule has 0 spiro atoms. The lowest BCUT2D eigenvalue weighted by Crippen LogP contribution is -2.07. The minimum atomic E-state index is -0.0800. The summed E-state index contributed by atoms with van der Waals surface area (Å²) in [5, 5.41) is 0.584. The van der Waals surface area contributed by atoms with Crippen molar-refractivity contribution in [1.82, 2.24) is 9.55 Å². The van der Waals surface area contributed by atoms with Crippen molar-refractivity contribution in [3.05, 3.63) is 53.6 Å². The van der Waals surface area contributed by atoms with Crippen LogP contribution >= 0.6 is 11.6 Å². The molecule has 19 heavy (non-hydrogen) atoms. The molecule has 1 heterocycles. The van der Waals surface area contributed by atoms with Gasteiger partial charge in [0, 0.05) is 12.5 Å². The molecular formula is C15H11ClN2O. The third kappa shape index (κ3) is 1.92. The molecule has 0 bridgehead atoms. The number of imidazole rings is 1. The zero-order valence-corrected chi connectivity index (χ0v) is 11.1. The Hall–Kier alpha value is -2.13. The molecular weight excluding hydrogens is 260 g/mol. The number of nitrogens with zero attached hydrogens (tertiary/aromatic N) is 2. The largest absolute Gasteiger partial charge is 0.274 e. The number of halogens is 1. The molecule has 0 atom stereocenters. The van der Waals surface area contributed by atoms with Gasteiger partial charge < -0.3 is 0 Å². The maximum atomic E-state index is 11.9. The first-order chi connectivity index (χ1) is 9.18. The molecule has 94 valence electrons. The van der Waals surface area contributed by atoms with Crippen LogP contribution in [0.3, 0.4) is 0 Å². The van der Waals surface area contributed by atoms with E-state index in [0.717, 1.165) is 16.6 Å². The summed E-state index contributed by atoms with van der Waals surface area (Å²) in [6.07, 6.45) is 0. The van der Waals surface area contributed by atoms with Crippen LogP contribution in [0.4, 0.5) is 0 Å². The Kier molecular flexibility index (Phi) is 2.84. The first-order valence-corrected chi connectivity index (χ1v) is 6.29. The van der Waals surface area contributed by atoms with E-state index < -0.39 is 0 Å². The highest BCUT2D eigenvalue weighted by Gasteiger charge is 2.16. The zero-order valence-electron chi connectivity index (χ0n) is 10.3. The Morgan fingerprint density at radius 1 is 1.11 bits per heavy atom. The lowest BCUT2D eigenvalue weighted by Gasteiger charge is -2.06. The zero-order chi connectivity index (χ0) is 13.4. The summed E-state index contributed by atoms with van der Waals surface area (Å²) in [5.74, 6) is 0.503. The van der Waals surface area contributed by atoms with Crippen molar-refractivity contribution in [3.63, 3.8) is 0 Å². The van der Waals surface area contributed by atoms with E-state index in [9.17, 15) is 4.79 Å². The van der Waals surface area contributed by atoms with Crippen LogP contribution in [-0.2, 0) is 0 Å². The van der Waals surface area contributed by atoms with Crippen LogP contribution in [0.1, 0.15) is 11.7 Å². The lowest BCUT2D eigenvalue weighted by molar-refractivity contribution is 0.0943. The highest BCUT2D eigenvalue weighted by Crippen LogP contribution is 2.29. The van der Waals surface area contributed by atoms with E-state index in [1.165, 1.54) is 6.92 Å². The van der Waals surface area contributed by atoms with Gasteiger partial charge in [-0.1, -0.05) is 35.9 Å². The standard InChI is InChI=1S/C15H11ClN2O/c1-10(19)18-14-9-5-4-8-13(14)17-15(18)11-6-2-3-7-12(11)16/h2-9H,1H3. The number of fused-ring (bicyclic) bond motifs is 1. The average Bonchev–Trinajstić information content (AvgIpc) is 2.78. The first kappa shape index (κ1) is 11.9. The molecule has 0 aliphatic rings. The Bertz CT molecular complexity index is 777. The number of aromatic nitrogens is 2. The quantitative estimate of drug-likeness (QED) is 0.669. The predicted octanol–water partition coefficient (Wildman–Crippen LogP) is 4.02.